The summed E-state index contributed by atoms with van der Waals surface area (Å²) >= 11 is 5.95. The van der Waals surface area contributed by atoms with Gasteiger partial charge in [0.1, 0.15) is 5.75 Å². The first-order valence-corrected chi connectivity index (χ1v) is 6.01. The molecule has 1 fully saturated rings. The van der Waals surface area contributed by atoms with Crippen molar-refractivity contribution >= 4 is 17.3 Å². The number of ether oxygens (including phenoxy) is 1. The lowest BCUT2D eigenvalue weighted by Crippen LogP contribution is -2.15. The van der Waals surface area contributed by atoms with E-state index in [0.29, 0.717) is 11.4 Å². The molecule has 90 valence electrons. The van der Waals surface area contributed by atoms with Gasteiger partial charge in [-0.25, -0.2) is 0 Å². The van der Waals surface area contributed by atoms with Crippen LogP contribution in [-0.2, 0) is 0 Å². The van der Waals surface area contributed by atoms with E-state index >= 15 is 0 Å². The summed E-state index contributed by atoms with van der Waals surface area (Å²) < 4.78 is 5.26. The van der Waals surface area contributed by atoms with Crippen molar-refractivity contribution in [3.05, 3.63) is 23.2 Å². The number of nitrogens with one attached hydrogen (secondary N) is 1. The van der Waals surface area contributed by atoms with Gasteiger partial charge in [-0.05, 0) is 31.0 Å². The first-order chi connectivity index (χ1) is 8.19. The van der Waals surface area contributed by atoms with Crippen LogP contribution in [0.15, 0.2) is 18.2 Å². The molecule has 1 aliphatic carbocycles. The van der Waals surface area contributed by atoms with E-state index in [-0.39, 0.29) is 5.41 Å². The second-order valence-corrected chi connectivity index (χ2v) is 4.97. The fourth-order valence-electron chi connectivity index (χ4n) is 1.86. The molecule has 1 saturated carbocycles. The van der Waals surface area contributed by atoms with Crippen LogP contribution in [0.5, 0.6) is 5.75 Å². The zero-order valence-corrected chi connectivity index (χ0v) is 10.5. The van der Waals surface area contributed by atoms with Crippen LogP contribution in [0.4, 0.5) is 5.69 Å². The van der Waals surface area contributed by atoms with Gasteiger partial charge in [0, 0.05) is 23.4 Å². The molecule has 0 unspecified atom stereocenters. The lowest BCUT2D eigenvalue weighted by Gasteiger charge is -2.16. The van der Waals surface area contributed by atoms with Crippen molar-refractivity contribution in [3.8, 4) is 11.8 Å². The maximum atomic E-state index is 8.76. The fraction of sp³-hybridized carbons (Fsp3) is 0.462. The van der Waals surface area contributed by atoms with E-state index < -0.39 is 0 Å². The Morgan fingerprint density at radius 2 is 2.29 bits per heavy atom. The van der Waals surface area contributed by atoms with Crippen LogP contribution in [0.2, 0.25) is 5.02 Å². The molecule has 0 heterocycles. The zero-order valence-electron chi connectivity index (χ0n) is 9.79. The highest BCUT2D eigenvalue weighted by molar-refractivity contribution is 6.30. The van der Waals surface area contributed by atoms with Gasteiger partial charge >= 0.3 is 0 Å². The van der Waals surface area contributed by atoms with Crippen molar-refractivity contribution in [2.24, 2.45) is 5.41 Å². The number of halogens is 1. The third-order valence-corrected chi connectivity index (χ3v) is 3.46. The first kappa shape index (κ1) is 12.1. The molecule has 1 N–H and O–H groups in total. The van der Waals surface area contributed by atoms with Gasteiger partial charge in [0.2, 0.25) is 0 Å². The van der Waals surface area contributed by atoms with Crippen LogP contribution in [0, 0.1) is 16.7 Å². The van der Waals surface area contributed by atoms with Crippen LogP contribution in [0.25, 0.3) is 0 Å². The molecule has 0 aliphatic heterocycles. The van der Waals surface area contributed by atoms with E-state index in [0.717, 1.165) is 30.8 Å². The van der Waals surface area contributed by atoms with Gasteiger partial charge in [0.05, 0.1) is 18.9 Å². The maximum Gasteiger partial charge on any atom is 0.142 e. The molecule has 2 rings (SSSR count). The van der Waals surface area contributed by atoms with Crippen molar-refractivity contribution in [1.82, 2.24) is 0 Å². The number of methoxy groups -OCH3 is 1. The Kier molecular flexibility index (Phi) is 3.44. The highest BCUT2D eigenvalue weighted by Gasteiger charge is 2.42. The predicted molar refractivity (Wildman–Crippen MR) is 68.4 cm³/mol. The number of hydrogen-bond donors (Lipinski definition) is 1. The third-order valence-electron chi connectivity index (χ3n) is 3.23. The number of anilines is 1. The predicted octanol–water partition coefficient (Wildman–Crippen LogP) is 3.45. The van der Waals surface area contributed by atoms with Gasteiger partial charge in [0.15, 0.2) is 0 Å². The van der Waals surface area contributed by atoms with Gasteiger partial charge in [-0.15, -0.1) is 0 Å². The summed E-state index contributed by atoms with van der Waals surface area (Å²) in [6, 6.07) is 7.74. The molecule has 0 atom stereocenters. The van der Waals surface area contributed by atoms with Crippen molar-refractivity contribution < 1.29 is 4.74 Å². The second-order valence-electron chi connectivity index (χ2n) is 4.53. The Morgan fingerprint density at radius 3 is 2.88 bits per heavy atom. The fourth-order valence-corrected chi connectivity index (χ4v) is 2.03. The van der Waals surface area contributed by atoms with E-state index in [4.69, 9.17) is 21.6 Å². The summed E-state index contributed by atoms with van der Waals surface area (Å²) in [6.45, 7) is 0.803. The minimum absolute atomic E-state index is 0.169. The Morgan fingerprint density at radius 1 is 1.53 bits per heavy atom. The van der Waals surface area contributed by atoms with Crippen LogP contribution >= 0.6 is 11.6 Å². The molecular weight excluding hydrogens is 236 g/mol. The van der Waals surface area contributed by atoms with E-state index in [1.807, 2.05) is 12.1 Å². The largest absolute Gasteiger partial charge is 0.495 e. The minimum Gasteiger partial charge on any atom is -0.495 e. The molecule has 3 nitrogen and oxygen atoms in total. The van der Waals surface area contributed by atoms with E-state index in [9.17, 15) is 0 Å². The smallest absolute Gasteiger partial charge is 0.142 e. The number of rotatable bonds is 5. The Balaban J connectivity index is 2.04. The quantitative estimate of drug-likeness (QED) is 0.871. The SMILES string of the molecule is COc1ccc(Cl)cc1NCC1(CC#N)CC1. The highest BCUT2D eigenvalue weighted by Crippen LogP contribution is 2.48. The van der Waals surface area contributed by atoms with Crippen LogP contribution < -0.4 is 10.1 Å². The van der Waals surface area contributed by atoms with Crippen LogP contribution in [0.1, 0.15) is 19.3 Å². The average Bonchev–Trinajstić information content (AvgIpc) is 3.08. The standard InChI is InChI=1S/C13H15ClN2O/c1-17-12-3-2-10(14)8-11(12)16-9-13(4-5-13)6-7-15/h2-3,8,16H,4-6,9H2,1H3. The second kappa shape index (κ2) is 4.85. The lowest BCUT2D eigenvalue weighted by molar-refractivity contribution is 0.416. The summed E-state index contributed by atoms with van der Waals surface area (Å²) in [6.07, 6.45) is 2.86. The number of nitriles is 1. The van der Waals surface area contributed by atoms with Gasteiger partial charge < -0.3 is 10.1 Å². The third kappa shape index (κ3) is 2.83. The van der Waals surface area contributed by atoms with Crippen LogP contribution in [0.3, 0.4) is 0 Å². The van der Waals surface area contributed by atoms with Crippen molar-refractivity contribution in [3.63, 3.8) is 0 Å². The summed E-state index contributed by atoms with van der Waals surface area (Å²) in [4.78, 5) is 0. The Bertz CT molecular complexity index is 449. The topological polar surface area (TPSA) is 45.0 Å². The molecule has 0 saturated heterocycles. The van der Waals surface area contributed by atoms with E-state index in [2.05, 4.69) is 11.4 Å². The Labute approximate surface area is 106 Å². The van der Waals surface area contributed by atoms with Crippen molar-refractivity contribution in [2.75, 3.05) is 19.0 Å². The molecule has 1 aromatic rings. The zero-order chi connectivity index (χ0) is 12.3. The number of nitrogens with zero attached hydrogens (tertiary/aromatic N) is 1. The summed E-state index contributed by atoms with van der Waals surface area (Å²) in [5.41, 5.74) is 1.06. The maximum absolute atomic E-state index is 8.76. The van der Waals surface area contributed by atoms with Crippen molar-refractivity contribution in [1.29, 1.82) is 5.26 Å². The van der Waals surface area contributed by atoms with Gasteiger partial charge in [-0.2, -0.15) is 5.26 Å². The number of hydrogen-bond acceptors (Lipinski definition) is 3. The molecular formula is C13H15ClN2O. The Hall–Kier alpha value is -1.40. The van der Waals surface area contributed by atoms with Gasteiger partial charge in [0.25, 0.3) is 0 Å². The molecule has 0 spiro atoms. The molecule has 4 heteroatoms. The minimum atomic E-state index is 0.169. The molecule has 1 aliphatic rings. The molecule has 0 bridgehead atoms. The summed E-state index contributed by atoms with van der Waals surface area (Å²) in [7, 11) is 1.64. The number of benzene rings is 1. The molecule has 0 amide bonds. The van der Waals surface area contributed by atoms with Gasteiger partial charge in [-0.1, -0.05) is 11.6 Å². The molecule has 1 aromatic carbocycles. The monoisotopic (exact) mass is 250 g/mol. The van der Waals surface area contributed by atoms with Crippen LogP contribution in [-0.4, -0.2) is 13.7 Å². The highest BCUT2D eigenvalue weighted by atomic mass is 35.5. The first-order valence-electron chi connectivity index (χ1n) is 5.63. The molecule has 0 radical (unpaired) electrons. The summed E-state index contributed by atoms with van der Waals surface area (Å²) in [5, 5.41) is 12.8. The molecule has 17 heavy (non-hydrogen) atoms. The van der Waals surface area contributed by atoms with E-state index in [1.54, 1.807) is 13.2 Å². The lowest BCUT2D eigenvalue weighted by atomic mass is 10.0. The van der Waals surface area contributed by atoms with Crippen molar-refractivity contribution in [2.45, 2.75) is 19.3 Å². The van der Waals surface area contributed by atoms with Gasteiger partial charge in [-0.3, -0.25) is 0 Å². The molecule has 0 aromatic heterocycles. The average molecular weight is 251 g/mol. The summed E-state index contributed by atoms with van der Waals surface area (Å²) in [5.74, 6) is 0.780. The normalized spacial score (nSPS) is 16.1. The van der Waals surface area contributed by atoms with E-state index in [1.165, 1.54) is 0 Å².